The van der Waals surface area contributed by atoms with Crippen LogP contribution in [0.15, 0.2) is 48.5 Å². The SMILES string of the molecule is C=P(=O)c1ccc(Nc2nc3ccccc3c3[nH]c(CO)nc23)cc1. The molecule has 2 aromatic heterocycles. The van der Waals surface area contributed by atoms with Gasteiger partial charge in [-0.2, -0.15) is 0 Å². The number of aliphatic hydroxyl groups excluding tert-OH is 1. The highest BCUT2D eigenvalue weighted by Gasteiger charge is 2.13. The molecule has 0 saturated heterocycles. The Balaban J connectivity index is 1.85. The number of hydrogen-bond donors (Lipinski definition) is 3. The van der Waals surface area contributed by atoms with Crippen molar-refractivity contribution < 1.29 is 9.67 Å². The van der Waals surface area contributed by atoms with Gasteiger partial charge in [-0.3, -0.25) is 4.57 Å². The number of aromatic nitrogens is 3. The van der Waals surface area contributed by atoms with Crippen molar-refractivity contribution in [1.82, 2.24) is 15.0 Å². The van der Waals surface area contributed by atoms with E-state index in [0.29, 0.717) is 22.5 Å². The number of para-hydroxylation sites is 1. The summed E-state index contributed by atoms with van der Waals surface area (Å²) in [5.74, 6) is 1.08. The molecular weight excluding hydrogens is 335 g/mol. The molecule has 0 aliphatic rings. The van der Waals surface area contributed by atoms with E-state index < -0.39 is 7.42 Å². The number of rotatable bonds is 4. The first-order valence-corrected chi connectivity index (χ1v) is 9.13. The van der Waals surface area contributed by atoms with E-state index in [1.165, 1.54) is 0 Å². The lowest BCUT2D eigenvalue weighted by Crippen LogP contribution is -1.98. The van der Waals surface area contributed by atoms with Gasteiger partial charge in [0.05, 0.1) is 11.0 Å². The van der Waals surface area contributed by atoms with Crippen LogP contribution in [0, 0.1) is 0 Å². The number of benzene rings is 2. The molecule has 124 valence electrons. The summed E-state index contributed by atoms with van der Waals surface area (Å²) >= 11 is 0. The molecule has 4 aromatic rings. The molecule has 0 spiro atoms. The summed E-state index contributed by atoms with van der Waals surface area (Å²) in [5, 5.41) is 14.3. The zero-order chi connectivity index (χ0) is 17.4. The van der Waals surface area contributed by atoms with Crippen molar-refractivity contribution in [2.24, 2.45) is 0 Å². The Morgan fingerprint density at radius 3 is 2.60 bits per heavy atom. The molecule has 6 nitrogen and oxygen atoms in total. The van der Waals surface area contributed by atoms with E-state index in [9.17, 15) is 9.67 Å². The summed E-state index contributed by atoms with van der Waals surface area (Å²) in [7, 11) is -1.61. The molecule has 7 heteroatoms. The Morgan fingerprint density at radius 1 is 1.12 bits per heavy atom. The molecular formula is C18H15N4O2P. The zero-order valence-electron chi connectivity index (χ0n) is 13.2. The monoisotopic (exact) mass is 350 g/mol. The maximum atomic E-state index is 11.4. The van der Waals surface area contributed by atoms with Gasteiger partial charge in [-0.1, -0.05) is 18.2 Å². The number of nitrogens with one attached hydrogen (secondary N) is 2. The third-order valence-electron chi connectivity index (χ3n) is 3.95. The number of H-pyrrole nitrogens is 1. The first-order valence-electron chi connectivity index (χ1n) is 7.69. The molecule has 0 aliphatic carbocycles. The number of fused-ring (bicyclic) bond motifs is 3. The number of pyridine rings is 1. The fourth-order valence-corrected chi connectivity index (χ4v) is 3.24. The van der Waals surface area contributed by atoms with E-state index in [1.807, 2.05) is 36.4 Å². The second kappa shape index (κ2) is 6.16. The predicted octanol–water partition coefficient (Wildman–Crippen LogP) is 3.23. The van der Waals surface area contributed by atoms with E-state index in [1.54, 1.807) is 12.1 Å². The second-order valence-corrected chi connectivity index (χ2v) is 6.87. The summed E-state index contributed by atoms with van der Waals surface area (Å²) < 4.78 is 11.4. The smallest absolute Gasteiger partial charge is 0.159 e. The number of aromatic amines is 1. The maximum absolute atomic E-state index is 11.4. The van der Waals surface area contributed by atoms with Crippen LogP contribution in [-0.4, -0.2) is 26.4 Å². The Hall–Kier alpha value is -2.95. The molecule has 25 heavy (non-hydrogen) atoms. The fourth-order valence-electron chi connectivity index (χ4n) is 2.75. The van der Waals surface area contributed by atoms with Gasteiger partial charge in [0.1, 0.15) is 25.4 Å². The lowest BCUT2D eigenvalue weighted by atomic mass is 10.2. The third-order valence-corrected chi connectivity index (χ3v) is 4.82. The molecule has 4 rings (SSSR count). The van der Waals surface area contributed by atoms with Crippen molar-refractivity contribution in [1.29, 1.82) is 0 Å². The summed E-state index contributed by atoms with van der Waals surface area (Å²) in [6, 6.07) is 15.0. The summed E-state index contributed by atoms with van der Waals surface area (Å²) in [4.78, 5) is 12.2. The van der Waals surface area contributed by atoms with Crippen LogP contribution in [0.25, 0.3) is 21.9 Å². The highest BCUT2D eigenvalue weighted by Crippen LogP contribution is 2.29. The summed E-state index contributed by atoms with van der Waals surface area (Å²) in [6.07, 6.45) is 3.55. The molecule has 1 atom stereocenters. The van der Waals surface area contributed by atoms with Crippen LogP contribution in [0.3, 0.4) is 0 Å². The standard InChI is InChI=1S/C18H15N4O2P/c1-25(24)12-8-6-11(7-9-12)19-18-17-16(21-15(10-23)22-17)13-4-2-3-5-14(13)20-18/h2-9,23H,1,10H2,(H,19,20)(H,21,22). The topological polar surface area (TPSA) is 90.9 Å². The first kappa shape index (κ1) is 15.6. The molecule has 0 saturated carbocycles. The van der Waals surface area contributed by atoms with Crippen LogP contribution in [0.4, 0.5) is 11.5 Å². The molecule has 0 fully saturated rings. The average Bonchev–Trinajstić information content (AvgIpc) is 3.07. The number of anilines is 2. The summed E-state index contributed by atoms with van der Waals surface area (Å²) in [5.41, 5.74) is 3.12. The van der Waals surface area contributed by atoms with Crippen molar-refractivity contribution in [3.8, 4) is 0 Å². The largest absolute Gasteiger partial charge is 0.388 e. The van der Waals surface area contributed by atoms with Crippen LogP contribution in [0.2, 0.25) is 0 Å². The van der Waals surface area contributed by atoms with E-state index in [-0.39, 0.29) is 6.61 Å². The van der Waals surface area contributed by atoms with Gasteiger partial charge in [-0.15, -0.1) is 0 Å². The zero-order valence-corrected chi connectivity index (χ0v) is 14.1. The van der Waals surface area contributed by atoms with Crippen molar-refractivity contribution in [3.63, 3.8) is 0 Å². The van der Waals surface area contributed by atoms with Gasteiger partial charge in [0.2, 0.25) is 0 Å². The normalized spacial score (nSPS) is 11.8. The molecule has 2 heterocycles. The van der Waals surface area contributed by atoms with Crippen molar-refractivity contribution in [3.05, 3.63) is 54.4 Å². The lowest BCUT2D eigenvalue weighted by Gasteiger charge is -2.08. The fraction of sp³-hybridized carbons (Fsp3) is 0.0556. The predicted molar refractivity (Wildman–Crippen MR) is 101 cm³/mol. The van der Waals surface area contributed by atoms with Crippen molar-refractivity contribution in [2.45, 2.75) is 6.61 Å². The Morgan fingerprint density at radius 2 is 1.88 bits per heavy atom. The quantitative estimate of drug-likeness (QED) is 0.492. The molecule has 0 bridgehead atoms. The molecule has 3 N–H and O–H groups in total. The van der Waals surface area contributed by atoms with Gasteiger partial charge < -0.3 is 15.4 Å². The number of nitrogens with zero attached hydrogens (tertiary/aromatic N) is 2. The van der Waals surface area contributed by atoms with Gasteiger partial charge in [0.25, 0.3) is 0 Å². The molecule has 0 amide bonds. The minimum absolute atomic E-state index is 0.173. The highest BCUT2D eigenvalue weighted by molar-refractivity contribution is 7.51. The van der Waals surface area contributed by atoms with Gasteiger partial charge >= 0.3 is 0 Å². The van der Waals surface area contributed by atoms with Crippen LogP contribution >= 0.6 is 7.42 Å². The average molecular weight is 350 g/mol. The molecule has 0 aliphatic heterocycles. The number of aliphatic hydroxyl groups is 1. The van der Waals surface area contributed by atoms with Crippen LogP contribution in [0.1, 0.15) is 5.82 Å². The lowest BCUT2D eigenvalue weighted by molar-refractivity contribution is 0.273. The first-order chi connectivity index (χ1) is 12.2. The van der Waals surface area contributed by atoms with Gasteiger partial charge in [-0.25, -0.2) is 9.97 Å². The number of imidazole rings is 1. The van der Waals surface area contributed by atoms with E-state index in [4.69, 9.17) is 0 Å². The Bertz CT molecular complexity index is 1140. The maximum Gasteiger partial charge on any atom is 0.159 e. The Labute approximate surface area is 144 Å². The summed E-state index contributed by atoms with van der Waals surface area (Å²) in [6.45, 7) is -0.173. The second-order valence-electron chi connectivity index (χ2n) is 5.59. The van der Waals surface area contributed by atoms with Crippen molar-refractivity contribution in [2.75, 3.05) is 5.32 Å². The van der Waals surface area contributed by atoms with Crippen LogP contribution < -0.4 is 10.6 Å². The number of hydrogen-bond acceptors (Lipinski definition) is 5. The minimum Gasteiger partial charge on any atom is -0.388 e. The van der Waals surface area contributed by atoms with E-state index in [0.717, 1.165) is 22.1 Å². The molecule has 0 radical (unpaired) electrons. The Kier molecular flexibility index (Phi) is 3.84. The van der Waals surface area contributed by atoms with Crippen LogP contribution in [-0.2, 0) is 11.2 Å². The highest BCUT2D eigenvalue weighted by atomic mass is 31.1. The minimum atomic E-state index is -1.61. The van der Waals surface area contributed by atoms with E-state index in [2.05, 4.69) is 26.6 Å². The molecule has 2 aromatic carbocycles. The van der Waals surface area contributed by atoms with Gasteiger partial charge in [0.15, 0.2) is 5.82 Å². The third kappa shape index (κ3) is 2.82. The van der Waals surface area contributed by atoms with E-state index >= 15 is 0 Å². The van der Waals surface area contributed by atoms with Gasteiger partial charge in [0, 0.05) is 16.4 Å². The van der Waals surface area contributed by atoms with Crippen LogP contribution in [0.5, 0.6) is 0 Å². The van der Waals surface area contributed by atoms with Gasteiger partial charge in [-0.05, 0) is 36.6 Å². The van der Waals surface area contributed by atoms with Crippen molar-refractivity contribution >= 4 is 52.5 Å². The molecule has 1 unspecified atom stereocenters.